The Morgan fingerprint density at radius 2 is 1.47 bits per heavy atom. The molecule has 2 amide bonds. The van der Waals surface area contributed by atoms with Crippen molar-refractivity contribution in [2.24, 2.45) is 11.5 Å². The summed E-state index contributed by atoms with van der Waals surface area (Å²) in [7, 11) is -3.80. The Morgan fingerprint density at radius 3 is 1.71 bits per heavy atom. The second-order valence-corrected chi connectivity index (χ2v) is 5.47. The molecule has 7 heteroatoms. The molecule has 0 fully saturated rings. The quantitative estimate of drug-likeness (QED) is 0.754. The number of nitrogens with two attached hydrogens (primary N) is 2. The lowest BCUT2D eigenvalue weighted by Gasteiger charge is -2.10. The van der Waals surface area contributed by atoms with Gasteiger partial charge >= 0.3 is 0 Å². The third kappa shape index (κ3) is 2.62. The number of amides is 2. The van der Waals surface area contributed by atoms with E-state index >= 15 is 0 Å². The largest absolute Gasteiger partial charge is 0.366 e. The smallest absolute Gasteiger partial charge is 0.250 e. The molecule has 0 aliphatic rings. The summed E-state index contributed by atoms with van der Waals surface area (Å²) in [6, 6.07) is 2.40. The van der Waals surface area contributed by atoms with Crippen LogP contribution < -0.4 is 11.5 Å². The lowest BCUT2D eigenvalue weighted by molar-refractivity contribution is 0.0995. The molecule has 0 aliphatic heterocycles. The van der Waals surface area contributed by atoms with E-state index in [2.05, 4.69) is 6.92 Å². The van der Waals surface area contributed by atoms with Crippen molar-refractivity contribution in [3.05, 3.63) is 35.7 Å². The van der Waals surface area contributed by atoms with Crippen molar-refractivity contribution in [3.8, 4) is 0 Å². The van der Waals surface area contributed by atoms with E-state index in [9.17, 15) is 18.0 Å². The maximum absolute atomic E-state index is 11.6. The SMILES string of the molecule is [CH2]c1cc(C(N)=O)c(S(C)(=O)=O)c(C(N)=O)c1. The molecule has 91 valence electrons. The van der Waals surface area contributed by atoms with Gasteiger partial charge in [-0.2, -0.15) is 0 Å². The molecular formula is C10H11N2O4S. The van der Waals surface area contributed by atoms with E-state index in [1.807, 2.05) is 0 Å². The second-order valence-electron chi connectivity index (χ2n) is 3.52. The molecule has 17 heavy (non-hydrogen) atoms. The number of benzene rings is 1. The molecule has 4 N–H and O–H groups in total. The predicted molar refractivity (Wildman–Crippen MR) is 61.0 cm³/mol. The van der Waals surface area contributed by atoms with Crippen LogP contribution in [0.15, 0.2) is 17.0 Å². The fraction of sp³-hybridized carbons (Fsp3) is 0.100. The van der Waals surface area contributed by atoms with Crippen LogP contribution in [0, 0.1) is 6.92 Å². The van der Waals surface area contributed by atoms with E-state index in [4.69, 9.17) is 11.5 Å². The van der Waals surface area contributed by atoms with Crippen LogP contribution in [-0.2, 0) is 9.84 Å². The van der Waals surface area contributed by atoms with Crippen LogP contribution in [0.2, 0.25) is 0 Å². The van der Waals surface area contributed by atoms with Crippen molar-refractivity contribution >= 4 is 21.7 Å². The Bertz CT molecular complexity index is 570. The second kappa shape index (κ2) is 4.17. The summed E-state index contributed by atoms with van der Waals surface area (Å²) in [6.07, 6.45) is 0.865. The van der Waals surface area contributed by atoms with Crippen molar-refractivity contribution in [1.82, 2.24) is 0 Å². The molecule has 0 saturated heterocycles. The molecule has 0 atom stereocenters. The molecule has 0 saturated carbocycles. The molecule has 0 spiro atoms. The first-order valence-corrected chi connectivity index (χ1v) is 6.33. The minimum atomic E-state index is -3.80. The summed E-state index contributed by atoms with van der Waals surface area (Å²) in [5.74, 6) is -1.92. The Kier molecular flexibility index (Phi) is 3.23. The topological polar surface area (TPSA) is 120 Å². The highest BCUT2D eigenvalue weighted by molar-refractivity contribution is 7.90. The normalized spacial score (nSPS) is 11.2. The molecule has 0 unspecified atom stereocenters. The van der Waals surface area contributed by atoms with Gasteiger partial charge in [-0.05, 0) is 24.6 Å². The molecule has 0 bridgehead atoms. The van der Waals surface area contributed by atoms with Gasteiger partial charge in [0.15, 0.2) is 9.84 Å². The highest BCUT2D eigenvalue weighted by Gasteiger charge is 2.24. The van der Waals surface area contributed by atoms with Crippen LogP contribution >= 0.6 is 0 Å². The molecule has 0 aliphatic carbocycles. The van der Waals surface area contributed by atoms with E-state index in [-0.39, 0.29) is 16.7 Å². The van der Waals surface area contributed by atoms with E-state index in [1.165, 1.54) is 12.1 Å². The summed E-state index contributed by atoms with van der Waals surface area (Å²) in [5, 5.41) is 0. The Balaban J connectivity index is 3.85. The van der Waals surface area contributed by atoms with Crippen molar-refractivity contribution in [2.45, 2.75) is 4.90 Å². The average Bonchev–Trinajstić information content (AvgIpc) is 2.14. The number of primary amides is 2. The lowest BCUT2D eigenvalue weighted by Crippen LogP contribution is -2.22. The van der Waals surface area contributed by atoms with E-state index < -0.39 is 26.5 Å². The Labute approximate surface area is 98.5 Å². The molecule has 6 nitrogen and oxygen atoms in total. The van der Waals surface area contributed by atoms with Crippen LogP contribution in [0.3, 0.4) is 0 Å². The van der Waals surface area contributed by atoms with Gasteiger partial charge in [0, 0.05) is 6.26 Å². The third-order valence-corrected chi connectivity index (χ3v) is 3.23. The first kappa shape index (κ1) is 13.2. The summed E-state index contributed by atoms with van der Waals surface area (Å²) in [6.45, 7) is 3.52. The number of carbonyl (C=O) groups excluding carboxylic acids is 2. The Morgan fingerprint density at radius 1 is 1.12 bits per heavy atom. The zero-order valence-corrected chi connectivity index (χ0v) is 9.87. The fourth-order valence-corrected chi connectivity index (χ4v) is 2.57. The van der Waals surface area contributed by atoms with Gasteiger partial charge in [-0.3, -0.25) is 9.59 Å². The molecule has 1 radical (unpaired) electrons. The lowest BCUT2D eigenvalue weighted by atomic mass is 10.1. The molecular weight excluding hydrogens is 244 g/mol. The van der Waals surface area contributed by atoms with Crippen molar-refractivity contribution < 1.29 is 18.0 Å². The zero-order chi connectivity index (χ0) is 13.4. The van der Waals surface area contributed by atoms with Crippen molar-refractivity contribution in [1.29, 1.82) is 0 Å². The fourth-order valence-electron chi connectivity index (χ4n) is 1.45. The van der Waals surface area contributed by atoms with Gasteiger partial charge < -0.3 is 11.5 Å². The molecule has 0 aromatic heterocycles. The molecule has 1 rings (SSSR count). The summed E-state index contributed by atoms with van der Waals surface area (Å²) in [4.78, 5) is 21.9. The number of hydrogen-bond acceptors (Lipinski definition) is 4. The first-order chi connectivity index (χ1) is 7.64. The predicted octanol–water partition coefficient (Wildman–Crippen LogP) is -0.530. The van der Waals surface area contributed by atoms with Crippen molar-refractivity contribution in [2.75, 3.05) is 6.26 Å². The minimum absolute atomic E-state index is 0.278. The number of hydrogen-bond donors (Lipinski definition) is 2. The van der Waals surface area contributed by atoms with Crippen LogP contribution in [0.1, 0.15) is 26.3 Å². The van der Waals surface area contributed by atoms with Gasteiger partial charge in [0.05, 0.1) is 16.0 Å². The van der Waals surface area contributed by atoms with E-state index in [0.717, 1.165) is 6.26 Å². The zero-order valence-electron chi connectivity index (χ0n) is 9.06. The maximum atomic E-state index is 11.6. The summed E-state index contributed by atoms with van der Waals surface area (Å²) >= 11 is 0. The monoisotopic (exact) mass is 255 g/mol. The van der Waals surface area contributed by atoms with Crippen LogP contribution in [0.4, 0.5) is 0 Å². The van der Waals surface area contributed by atoms with Gasteiger partial charge in [-0.15, -0.1) is 0 Å². The van der Waals surface area contributed by atoms with Crippen LogP contribution in [-0.4, -0.2) is 26.5 Å². The summed E-state index contributed by atoms with van der Waals surface area (Å²) in [5.41, 5.74) is 9.84. The summed E-state index contributed by atoms with van der Waals surface area (Å²) < 4.78 is 23.1. The van der Waals surface area contributed by atoms with Crippen LogP contribution in [0.25, 0.3) is 0 Å². The van der Waals surface area contributed by atoms with Gasteiger partial charge in [0.2, 0.25) is 11.8 Å². The highest BCUT2D eigenvalue weighted by atomic mass is 32.2. The van der Waals surface area contributed by atoms with Gasteiger partial charge in [-0.25, -0.2) is 8.42 Å². The van der Waals surface area contributed by atoms with E-state index in [0.29, 0.717) is 0 Å². The molecule has 1 aromatic rings. The first-order valence-electron chi connectivity index (χ1n) is 4.44. The number of carbonyl (C=O) groups is 2. The number of sulfone groups is 1. The van der Waals surface area contributed by atoms with Crippen molar-refractivity contribution in [3.63, 3.8) is 0 Å². The van der Waals surface area contributed by atoms with Gasteiger partial charge in [0.25, 0.3) is 0 Å². The van der Waals surface area contributed by atoms with Gasteiger partial charge in [0.1, 0.15) is 0 Å². The Hall–Kier alpha value is -1.89. The number of rotatable bonds is 3. The third-order valence-electron chi connectivity index (χ3n) is 2.05. The highest BCUT2D eigenvalue weighted by Crippen LogP contribution is 2.22. The van der Waals surface area contributed by atoms with E-state index in [1.54, 1.807) is 0 Å². The van der Waals surface area contributed by atoms with Crippen LogP contribution in [0.5, 0.6) is 0 Å². The molecule has 0 heterocycles. The van der Waals surface area contributed by atoms with Gasteiger partial charge in [-0.1, -0.05) is 0 Å². The maximum Gasteiger partial charge on any atom is 0.250 e. The average molecular weight is 255 g/mol. The standard InChI is InChI=1S/C10H11N2O4S/c1-5-3-6(9(11)13)8(17(2,15)16)7(4-5)10(12)14/h3-4H,1H2,2H3,(H2,11,13)(H2,12,14). The minimum Gasteiger partial charge on any atom is -0.366 e. The molecule has 1 aromatic carbocycles.